The third-order valence-electron chi connectivity index (χ3n) is 3.77. The van der Waals surface area contributed by atoms with Gasteiger partial charge in [-0.05, 0) is 36.4 Å². The molecule has 9 heteroatoms. The lowest BCUT2D eigenvalue weighted by Gasteiger charge is -2.03. The molecule has 2 heterocycles. The van der Waals surface area contributed by atoms with Crippen LogP contribution in [0.3, 0.4) is 0 Å². The molecule has 0 saturated carbocycles. The number of aromatic amines is 2. The number of nitrogens with zero attached hydrogens (tertiary/aromatic N) is 2. The summed E-state index contributed by atoms with van der Waals surface area (Å²) in [5, 5.41) is 7.20. The van der Waals surface area contributed by atoms with Crippen LogP contribution >= 0.6 is 11.6 Å². The molecule has 3 N–H and O–H groups in total. The fourth-order valence-electron chi connectivity index (χ4n) is 2.54. The van der Waals surface area contributed by atoms with Crippen molar-refractivity contribution in [3.05, 3.63) is 69.4 Å². The molecule has 130 valence electrons. The number of hydrogen-bond donors (Lipinski definition) is 3. The second-order valence-corrected chi connectivity index (χ2v) is 5.94. The van der Waals surface area contributed by atoms with E-state index in [9.17, 15) is 9.59 Å². The zero-order valence-electron chi connectivity index (χ0n) is 13.2. The minimum atomic E-state index is -0.371. The normalized spacial score (nSPS) is 11.0. The van der Waals surface area contributed by atoms with Gasteiger partial charge in [-0.2, -0.15) is 4.98 Å². The molecule has 0 fully saturated rings. The Bertz CT molecular complexity index is 1140. The van der Waals surface area contributed by atoms with Crippen LogP contribution < -0.4 is 11.0 Å². The first-order chi connectivity index (χ1) is 12.6. The van der Waals surface area contributed by atoms with Crippen LogP contribution in [0, 0.1) is 0 Å². The highest BCUT2D eigenvalue weighted by atomic mass is 35.5. The smallest absolute Gasteiger partial charge is 0.323 e. The van der Waals surface area contributed by atoms with E-state index in [0.717, 1.165) is 5.56 Å². The number of hydrogen-bond acceptors (Lipinski definition) is 5. The van der Waals surface area contributed by atoms with Crippen LogP contribution in [0.15, 0.2) is 51.8 Å². The van der Waals surface area contributed by atoms with Gasteiger partial charge in [0.2, 0.25) is 11.7 Å². The predicted molar refractivity (Wildman–Crippen MR) is 94.8 cm³/mol. The van der Waals surface area contributed by atoms with Crippen molar-refractivity contribution in [1.29, 1.82) is 0 Å². The average molecular weight is 370 g/mol. The highest BCUT2D eigenvalue weighted by molar-refractivity contribution is 6.30. The number of H-pyrrole nitrogens is 2. The van der Waals surface area contributed by atoms with Crippen LogP contribution in [0.1, 0.15) is 16.2 Å². The Balaban J connectivity index is 1.49. The number of aromatic nitrogens is 4. The summed E-state index contributed by atoms with van der Waals surface area (Å²) in [7, 11) is 0. The maximum absolute atomic E-state index is 12.4. The fraction of sp³-hybridized carbons (Fsp3) is 0.0588. The Morgan fingerprint density at radius 1 is 1.15 bits per heavy atom. The highest BCUT2D eigenvalue weighted by Crippen LogP contribution is 2.19. The summed E-state index contributed by atoms with van der Waals surface area (Å²) >= 11 is 5.85. The van der Waals surface area contributed by atoms with Crippen molar-refractivity contribution in [3.63, 3.8) is 0 Å². The standard InChI is InChI=1S/C17H12ClN5O3/c18-10-6-4-9(5-7-10)15-21-13(26-23-15)8-19-16(24)11-2-1-3-12-14(11)22-17(25)20-12/h1-7H,8H2,(H,19,24)(H2,20,22,25). The fourth-order valence-corrected chi connectivity index (χ4v) is 2.67. The van der Waals surface area contributed by atoms with Crippen molar-refractivity contribution in [2.24, 2.45) is 0 Å². The number of nitrogens with one attached hydrogen (secondary N) is 3. The Morgan fingerprint density at radius 3 is 2.77 bits per heavy atom. The van der Waals surface area contributed by atoms with Crippen LogP contribution in [-0.2, 0) is 6.54 Å². The zero-order chi connectivity index (χ0) is 18.1. The van der Waals surface area contributed by atoms with Gasteiger partial charge in [0.15, 0.2) is 0 Å². The number of para-hydroxylation sites is 1. The minimum absolute atomic E-state index is 0.0600. The number of imidazole rings is 1. The van der Waals surface area contributed by atoms with Gasteiger partial charge in [0, 0.05) is 10.6 Å². The van der Waals surface area contributed by atoms with E-state index in [1.807, 2.05) is 0 Å². The molecule has 0 bridgehead atoms. The van der Waals surface area contributed by atoms with Crippen LogP contribution in [0.2, 0.25) is 5.02 Å². The molecule has 0 aliphatic rings. The monoisotopic (exact) mass is 369 g/mol. The molecular weight excluding hydrogens is 358 g/mol. The second kappa shape index (κ2) is 6.49. The lowest BCUT2D eigenvalue weighted by molar-refractivity contribution is 0.0948. The van der Waals surface area contributed by atoms with Crippen molar-refractivity contribution in [2.75, 3.05) is 0 Å². The third-order valence-corrected chi connectivity index (χ3v) is 4.02. The summed E-state index contributed by atoms with van der Waals surface area (Å²) in [5.41, 5.74) is 1.74. The van der Waals surface area contributed by atoms with Crippen molar-refractivity contribution >= 4 is 28.5 Å². The SMILES string of the molecule is O=C(NCc1nc(-c2ccc(Cl)cc2)no1)c1cccc2[nH]c(=O)[nH]c12. The van der Waals surface area contributed by atoms with Crippen molar-refractivity contribution in [1.82, 2.24) is 25.4 Å². The van der Waals surface area contributed by atoms with E-state index in [0.29, 0.717) is 27.4 Å². The second-order valence-electron chi connectivity index (χ2n) is 5.51. The molecular formula is C17H12ClN5O3. The molecule has 4 rings (SSSR count). The summed E-state index contributed by atoms with van der Waals surface area (Å²) in [6.45, 7) is 0.0600. The quantitative estimate of drug-likeness (QED) is 0.511. The van der Waals surface area contributed by atoms with Crippen LogP contribution in [0.4, 0.5) is 0 Å². The number of carbonyl (C=O) groups is 1. The third kappa shape index (κ3) is 3.09. The topological polar surface area (TPSA) is 117 Å². The molecule has 4 aromatic rings. The first-order valence-corrected chi connectivity index (χ1v) is 8.06. The lowest BCUT2D eigenvalue weighted by Crippen LogP contribution is -2.23. The van der Waals surface area contributed by atoms with Crippen LogP contribution in [0.25, 0.3) is 22.4 Å². The van der Waals surface area contributed by atoms with E-state index in [1.54, 1.807) is 42.5 Å². The number of halogens is 1. The van der Waals surface area contributed by atoms with E-state index < -0.39 is 0 Å². The number of rotatable bonds is 4. The van der Waals surface area contributed by atoms with Gasteiger partial charge < -0.3 is 19.8 Å². The largest absolute Gasteiger partial charge is 0.343 e. The number of fused-ring (bicyclic) bond motifs is 1. The number of benzene rings is 2. The van der Waals surface area contributed by atoms with Gasteiger partial charge in [0.25, 0.3) is 5.91 Å². The first kappa shape index (κ1) is 16.1. The van der Waals surface area contributed by atoms with E-state index in [2.05, 4.69) is 25.4 Å². The molecule has 0 unspecified atom stereocenters. The van der Waals surface area contributed by atoms with Crippen LogP contribution in [0.5, 0.6) is 0 Å². The molecule has 0 saturated heterocycles. The molecule has 26 heavy (non-hydrogen) atoms. The van der Waals surface area contributed by atoms with Gasteiger partial charge in [-0.25, -0.2) is 4.79 Å². The van der Waals surface area contributed by atoms with E-state index in [-0.39, 0.29) is 24.0 Å². The van der Waals surface area contributed by atoms with E-state index in [1.165, 1.54) is 0 Å². The summed E-state index contributed by atoms with van der Waals surface area (Å²) in [6, 6.07) is 12.0. The number of carbonyl (C=O) groups excluding carboxylic acids is 1. The van der Waals surface area contributed by atoms with Gasteiger partial charge in [-0.3, -0.25) is 4.79 Å². The van der Waals surface area contributed by atoms with Crippen molar-refractivity contribution < 1.29 is 9.32 Å². The molecule has 2 aromatic heterocycles. The molecule has 8 nitrogen and oxygen atoms in total. The predicted octanol–water partition coefficient (Wildman–Crippen LogP) is 2.49. The zero-order valence-corrected chi connectivity index (χ0v) is 14.0. The molecule has 0 radical (unpaired) electrons. The molecule has 0 aliphatic heterocycles. The molecule has 2 aromatic carbocycles. The Morgan fingerprint density at radius 2 is 1.96 bits per heavy atom. The Labute approximate surface area is 151 Å². The summed E-state index contributed by atoms with van der Waals surface area (Å²) in [6.07, 6.45) is 0. The average Bonchev–Trinajstić information content (AvgIpc) is 3.25. The van der Waals surface area contributed by atoms with Crippen molar-refractivity contribution in [2.45, 2.75) is 6.54 Å². The molecule has 0 aliphatic carbocycles. The summed E-state index contributed by atoms with van der Waals surface area (Å²) < 4.78 is 5.15. The lowest BCUT2D eigenvalue weighted by atomic mass is 10.1. The maximum Gasteiger partial charge on any atom is 0.323 e. The number of amides is 1. The molecule has 0 atom stereocenters. The van der Waals surface area contributed by atoms with Gasteiger partial charge in [-0.15, -0.1) is 0 Å². The minimum Gasteiger partial charge on any atom is -0.343 e. The Kier molecular flexibility index (Phi) is 4.02. The highest BCUT2D eigenvalue weighted by Gasteiger charge is 2.14. The van der Waals surface area contributed by atoms with Gasteiger partial charge in [0.1, 0.15) is 0 Å². The van der Waals surface area contributed by atoms with E-state index in [4.69, 9.17) is 16.1 Å². The Hall–Kier alpha value is -3.39. The summed E-state index contributed by atoms with van der Waals surface area (Å²) in [4.78, 5) is 33.3. The van der Waals surface area contributed by atoms with Crippen molar-refractivity contribution in [3.8, 4) is 11.4 Å². The molecule has 1 amide bonds. The molecule has 0 spiro atoms. The van der Waals surface area contributed by atoms with Gasteiger partial charge >= 0.3 is 5.69 Å². The summed E-state index contributed by atoms with van der Waals surface area (Å²) in [5.74, 6) is 0.304. The first-order valence-electron chi connectivity index (χ1n) is 7.68. The van der Waals surface area contributed by atoms with Crippen LogP contribution in [-0.4, -0.2) is 26.0 Å². The van der Waals surface area contributed by atoms with Gasteiger partial charge in [0.05, 0.1) is 23.1 Å². The maximum atomic E-state index is 12.4. The van der Waals surface area contributed by atoms with Gasteiger partial charge in [-0.1, -0.05) is 22.8 Å². The van der Waals surface area contributed by atoms with E-state index >= 15 is 0 Å².